The predicted molar refractivity (Wildman–Crippen MR) is 118 cm³/mol. The number of phenols is 1. The number of methoxy groups -OCH3 is 1. The zero-order valence-corrected chi connectivity index (χ0v) is 18.0. The molecule has 7 nitrogen and oxygen atoms in total. The number of carbonyl (C=O) groups is 1. The molecule has 2 aromatic carbocycles. The van der Waals surface area contributed by atoms with E-state index in [4.69, 9.17) is 4.74 Å². The fourth-order valence-electron chi connectivity index (χ4n) is 3.99. The van der Waals surface area contributed by atoms with Crippen LogP contribution in [-0.2, 0) is 32.6 Å². The SMILES string of the molecule is CCn1nc(C(=O)NCc2ccc(OC)cc2)c2c1CCN(Cc1ccc(O)cc1)C2. The van der Waals surface area contributed by atoms with E-state index in [9.17, 15) is 9.90 Å². The molecule has 31 heavy (non-hydrogen) atoms. The first-order chi connectivity index (χ1) is 15.1. The van der Waals surface area contributed by atoms with Gasteiger partial charge in [-0.25, -0.2) is 0 Å². The number of aromatic nitrogens is 2. The molecule has 1 amide bonds. The summed E-state index contributed by atoms with van der Waals surface area (Å²) in [5, 5.41) is 17.1. The number of benzene rings is 2. The van der Waals surface area contributed by atoms with Gasteiger partial charge >= 0.3 is 0 Å². The van der Waals surface area contributed by atoms with Crippen LogP contribution >= 0.6 is 0 Å². The number of nitrogens with one attached hydrogen (secondary N) is 1. The van der Waals surface area contributed by atoms with Gasteiger partial charge in [0.15, 0.2) is 5.69 Å². The highest BCUT2D eigenvalue weighted by atomic mass is 16.5. The highest BCUT2D eigenvalue weighted by Crippen LogP contribution is 2.25. The Morgan fingerprint density at radius 3 is 2.52 bits per heavy atom. The Bertz CT molecular complexity index is 1040. The van der Waals surface area contributed by atoms with Gasteiger partial charge in [-0.15, -0.1) is 0 Å². The normalized spacial score (nSPS) is 13.6. The quantitative estimate of drug-likeness (QED) is 0.614. The van der Waals surface area contributed by atoms with Gasteiger partial charge in [-0.1, -0.05) is 24.3 Å². The summed E-state index contributed by atoms with van der Waals surface area (Å²) in [5.41, 5.74) is 4.82. The third kappa shape index (κ3) is 4.72. The lowest BCUT2D eigenvalue weighted by Crippen LogP contribution is -2.32. The van der Waals surface area contributed by atoms with Crippen LogP contribution in [0.5, 0.6) is 11.5 Å². The average Bonchev–Trinajstić information content (AvgIpc) is 3.17. The number of phenolic OH excluding ortho intramolecular Hbond substituents is 1. The van der Waals surface area contributed by atoms with Gasteiger partial charge in [0.05, 0.1) is 7.11 Å². The first-order valence-corrected chi connectivity index (χ1v) is 10.6. The largest absolute Gasteiger partial charge is 0.508 e. The van der Waals surface area contributed by atoms with Gasteiger partial charge in [0.2, 0.25) is 0 Å². The van der Waals surface area contributed by atoms with Crippen molar-refractivity contribution in [2.45, 2.75) is 39.5 Å². The molecule has 0 unspecified atom stereocenters. The molecule has 0 aliphatic carbocycles. The van der Waals surface area contributed by atoms with Crippen LogP contribution in [0.2, 0.25) is 0 Å². The summed E-state index contributed by atoms with van der Waals surface area (Å²) in [6.07, 6.45) is 0.861. The molecule has 0 spiro atoms. The molecule has 0 saturated carbocycles. The van der Waals surface area contributed by atoms with Gasteiger partial charge in [0, 0.05) is 50.4 Å². The van der Waals surface area contributed by atoms with Crippen LogP contribution in [-0.4, -0.2) is 39.3 Å². The number of carbonyl (C=O) groups excluding carboxylic acids is 1. The summed E-state index contributed by atoms with van der Waals surface area (Å²) < 4.78 is 7.14. The average molecular weight is 421 g/mol. The van der Waals surface area contributed by atoms with Crippen LogP contribution in [0.25, 0.3) is 0 Å². The Balaban J connectivity index is 1.47. The number of ether oxygens (including phenoxy) is 1. The molecule has 0 saturated heterocycles. The van der Waals surface area contributed by atoms with Gasteiger partial charge < -0.3 is 15.2 Å². The predicted octanol–water partition coefficient (Wildman–Crippen LogP) is 3.11. The molecule has 2 heterocycles. The number of aryl methyl sites for hydroxylation is 1. The van der Waals surface area contributed by atoms with Gasteiger partial charge in [-0.05, 0) is 42.3 Å². The third-order valence-electron chi connectivity index (χ3n) is 5.68. The van der Waals surface area contributed by atoms with E-state index < -0.39 is 0 Å². The molecule has 0 atom stereocenters. The van der Waals surface area contributed by atoms with Crippen LogP contribution in [0.1, 0.15) is 39.8 Å². The van der Waals surface area contributed by atoms with E-state index in [1.807, 2.05) is 41.1 Å². The lowest BCUT2D eigenvalue weighted by molar-refractivity contribution is 0.0942. The molecule has 1 aromatic heterocycles. The molecule has 162 valence electrons. The second-order valence-corrected chi connectivity index (χ2v) is 7.75. The van der Waals surface area contributed by atoms with Crippen molar-refractivity contribution in [2.24, 2.45) is 0 Å². The minimum Gasteiger partial charge on any atom is -0.508 e. The third-order valence-corrected chi connectivity index (χ3v) is 5.68. The van der Waals surface area contributed by atoms with E-state index in [0.29, 0.717) is 18.8 Å². The van der Waals surface area contributed by atoms with Gasteiger partial charge in [0.25, 0.3) is 5.91 Å². The van der Waals surface area contributed by atoms with Crippen molar-refractivity contribution >= 4 is 5.91 Å². The molecule has 3 aromatic rings. The molecule has 4 rings (SSSR count). The van der Waals surface area contributed by atoms with Crippen LogP contribution in [0.4, 0.5) is 0 Å². The maximum absolute atomic E-state index is 13.0. The van der Waals surface area contributed by atoms with E-state index in [1.165, 1.54) is 0 Å². The Labute approximate surface area is 182 Å². The molecule has 1 aliphatic heterocycles. The van der Waals surface area contributed by atoms with E-state index >= 15 is 0 Å². The fraction of sp³-hybridized carbons (Fsp3) is 0.333. The van der Waals surface area contributed by atoms with E-state index in [2.05, 4.69) is 22.2 Å². The van der Waals surface area contributed by atoms with Crippen molar-refractivity contribution < 1.29 is 14.6 Å². The summed E-state index contributed by atoms with van der Waals surface area (Å²) in [7, 11) is 1.63. The Morgan fingerprint density at radius 2 is 1.84 bits per heavy atom. The Hall–Kier alpha value is -3.32. The molecule has 1 aliphatic rings. The Kier molecular flexibility index (Phi) is 6.23. The first-order valence-electron chi connectivity index (χ1n) is 10.6. The zero-order chi connectivity index (χ0) is 21.8. The van der Waals surface area contributed by atoms with Crippen molar-refractivity contribution in [3.63, 3.8) is 0 Å². The van der Waals surface area contributed by atoms with Crippen LogP contribution in [0.15, 0.2) is 48.5 Å². The zero-order valence-electron chi connectivity index (χ0n) is 18.0. The van der Waals surface area contributed by atoms with Gasteiger partial charge in [-0.2, -0.15) is 5.10 Å². The van der Waals surface area contributed by atoms with Gasteiger partial charge in [-0.3, -0.25) is 14.4 Å². The summed E-state index contributed by atoms with van der Waals surface area (Å²) in [6.45, 7) is 5.59. The molecule has 2 N–H and O–H groups in total. The maximum Gasteiger partial charge on any atom is 0.272 e. The fourth-order valence-corrected chi connectivity index (χ4v) is 3.99. The maximum atomic E-state index is 13.0. The molecular formula is C24H28N4O3. The molecule has 0 fully saturated rings. The molecule has 0 radical (unpaired) electrons. The monoisotopic (exact) mass is 420 g/mol. The highest BCUT2D eigenvalue weighted by Gasteiger charge is 2.27. The number of rotatable bonds is 7. The second-order valence-electron chi connectivity index (χ2n) is 7.75. The standard InChI is InChI=1S/C24H28N4O3/c1-3-28-22-12-13-27(15-18-4-8-19(29)9-5-18)16-21(22)23(26-28)24(30)25-14-17-6-10-20(31-2)11-7-17/h4-11,29H,3,12-16H2,1-2H3,(H,25,30). The minimum atomic E-state index is -0.147. The number of fused-ring (bicyclic) bond motifs is 1. The van der Waals surface area contributed by atoms with E-state index in [0.717, 1.165) is 54.2 Å². The first kappa shape index (κ1) is 20.9. The summed E-state index contributed by atoms with van der Waals surface area (Å²) >= 11 is 0. The van der Waals surface area contributed by atoms with Crippen molar-refractivity contribution in [2.75, 3.05) is 13.7 Å². The van der Waals surface area contributed by atoms with Crippen LogP contribution < -0.4 is 10.1 Å². The highest BCUT2D eigenvalue weighted by molar-refractivity contribution is 5.94. The summed E-state index contributed by atoms with van der Waals surface area (Å²) in [4.78, 5) is 15.3. The van der Waals surface area contributed by atoms with Crippen molar-refractivity contribution in [1.29, 1.82) is 0 Å². The Morgan fingerprint density at radius 1 is 1.13 bits per heavy atom. The molecule has 0 bridgehead atoms. The lowest BCUT2D eigenvalue weighted by Gasteiger charge is -2.27. The van der Waals surface area contributed by atoms with E-state index in [-0.39, 0.29) is 11.7 Å². The number of hydrogen-bond donors (Lipinski definition) is 2. The number of amides is 1. The molecular weight excluding hydrogens is 392 g/mol. The summed E-state index contributed by atoms with van der Waals surface area (Å²) in [5.74, 6) is 0.912. The van der Waals surface area contributed by atoms with Crippen LogP contribution in [0.3, 0.4) is 0 Å². The van der Waals surface area contributed by atoms with Crippen molar-refractivity contribution in [3.05, 3.63) is 76.6 Å². The van der Waals surface area contributed by atoms with Crippen molar-refractivity contribution in [3.8, 4) is 11.5 Å². The topological polar surface area (TPSA) is 79.6 Å². The molecule has 7 heteroatoms. The summed E-state index contributed by atoms with van der Waals surface area (Å²) in [6, 6.07) is 14.9. The van der Waals surface area contributed by atoms with Crippen molar-refractivity contribution in [1.82, 2.24) is 20.0 Å². The number of aromatic hydroxyl groups is 1. The van der Waals surface area contributed by atoms with E-state index in [1.54, 1.807) is 19.2 Å². The van der Waals surface area contributed by atoms with Gasteiger partial charge in [0.1, 0.15) is 11.5 Å². The van der Waals surface area contributed by atoms with Crippen LogP contribution in [0, 0.1) is 0 Å². The smallest absolute Gasteiger partial charge is 0.272 e. The second kappa shape index (κ2) is 9.22. The number of nitrogens with zero attached hydrogens (tertiary/aromatic N) is 3. The number of hydrogen-bond acceptors (Lipinski definition) is 5. The minimum absolute atomic E-state index is 0.147. The lowest BCUT2D eigenvalue weighted by atomic mass is 10.0.